The van der Waals surface area contributed by atoms with Crippen molar-refractivity contribution in [3.05, 3.63) is 93.8 Å². The van der Waals surface area contributed by atoms with Gasteiger partial charge in [0.2, 0.25) is 11.5 Å². The van der Waals surface area contributed by atoms with Gasteiger partial charge in [0.25, 0.3) is 0 Å². The predicted molar refractivity (Wildman–Crippen MR) is 121 cm³/mol. The lowest BCUT2D eigenvalue weighted by molar-refractivity contribution is 0.0703. The number of hydrogen-bond acceptors (Lipinski definition) is 6. The second-order valence-electron chi connectivity index (χ2n) is 7.02. The van der Waals surface area contributed by atoms with Gasteiger partial charge >= 0.3 is 5.97 Å². The van der Waals surface area contributed by atoms with Crippen LogP contribution < -0.4 is 14.2 Å². The maximum absolute atomic E-state index is 12.8. The first kappa shape index (κ1) is 20.1. The van der Waals surface area contributed by atoms with E-state index >= 15 is 0 Å². The zero-order valence-corrected chi connectivity index (χ0v) is 18.3. The lowest BCUT2D eigenvalue weighted by atomic mass is 10.1. The zero-order chi connectivity index (χ0) is 22.2. The second-order valence-corrected chi connectivity index (χ2v) is 7.94. The molecule has 0 N–H and O–H groups in total. The normalized spacial score (nSPS) is 13.8. The van der Waals surface area contributed by atoms with Crippen molar-refractivity contribution in [1.82, 2.24) is 0 Å². The van der Waals surface area contributed by atoms with Crippen LogP contribution in [0.25, 0.3) is 17.0 Å². The van der Waals surface area contributed by atoms with Crippen LogP contribution in [-0.4, -0.2) is 18.9 Å². The summed E-state index contributed by atoms with van der Waals surface area (Å²) in [6, 6.07) is 19.0. The summed E-state index contributed by atoms with van der Waals surface area (Å²) in [6.07, 6.45) is 1.62. The number of ether oxygens (including phenoxy) is 3. The average Bonchev–Trinajstić information content (AvgIpc) is 3.35. The Morgan fingerprint density at radius 3 is 2.69 bits per heavy atom. The van der Waals surface area contributed by atoms with Gasteiger partial charge in [0, 0.05) is 21.5 Å². The number of esters is 1. The fourth-order valence-electron chi connectivity index (χ4n) is 3.43. The van der Waals surface area contributed by atoms with Gasteiger partial charge in [0.1, 0.15) is 22.8 Å². The molecule has 3 aromatic carbocycles. The van der Waals surface area contributed by atoms with Crippen molar-refractivity contribution in [2.75, 3.05) is 7.11 Å². The minimum atomic E-state index is -0.639. The summed E-state index contributed by atoms with van der Waals surface area (Å²) in [6.45, 7) is 0. The molecule has 0 unspecified atom stereocenters. The fraction of sp³-hybridized carbons (Fsp3) is 0.0400. The van der Waals surface area contributed by atoms with Crippen molar-refractivity contribution in [2.24, 2.45) is 0 Å². The summed E-state index contributed by atoms with van der Waals surface area (Å²) < 4.78 is 22.9. The molecule has 0 fully saturated rings. The smallest absolute Gasteiger partial charge is 0.379 e. The fourth-order valence-corrected chi connectivity index (χ4v) is 3.81. The van der Waals surface area contributed by atoms with Crippen molar-refractivity contribution in [3.8, 4) is 17.2 Å². The number of rotatable bonds is 4. The molecule has 1 aromatic heterocycles. The number of methoxy groups -OCH3 is 1. The third kappa shape index (κ3) is 3.67. The van der Waals surface area contributed by atoms with Gasteiger partial charge in [-0.15, -0.1) is 0 Å². The number of benzene rings is 3. The van der Waals surface area contributed by atoms with E-state index in [0.29, 0.717) is 28.2 Å². The first-order valence-electron chi connectivity index (χ1n) is 9.64. The third-order valence-corrected chi connectivity index (χ3v) is 5.45. The Hall–Kier alpha value is -3.84. The summed E-state index contributed by atoms with van der Waals surface area (Å²) >= 11 is 3.41. The predicted octanol–water partition coefficient (Wildman–Crippen LogP) is 6.04. The first-order valence-corrected chi connectivity index (χ1v) is 10.4. The van der Waals surface area contributed by atoms with Crippen LogP contribution in [0.5, 0.6) is 17.2 Å². The van der Waals surface area contributed by atoms with Gasteiger partial charge in [-0.05, 0) is 48.5 Å². The van der Waals surface area contributed by atoms with Crippen LogP contribution in [0, 0.1) is 0 Å². The molecule has 1 aliphatic heterocycles. The molecule has 0 spiro atoms. The van der Waals surface area contributed by atoms with Crippen molar-refractivity contribution >= 4 is 44.7 Å². The molecule has 5 rings (SSSR count). The molecule has 6 nitrogen and oxygen atoms in total. The Morgan fingerprint density at radius 1 is 1.03 bits per heavy atom. The molecule has 32 heavy (non-hydrogen) atoms. The highest BCUT2D eigenvalue weighted by atomic mass is 79.9. The molecular formula is C25H15BrO6. The van der Waals surface area contributed by atoms with Crippen LogP contribution in [0.4, 0.5) is 0 Å². The van der Waals surface area contributed by atoms with E-state index in [2.05, 4.69) is 15.9 Å². The lowest BCUT2D eigenvalue weighted by Gasteiger charge is -2.06. The van der Waals surface area contributed by atoms with Gasteiger partial charge in [-0.25, -0.2) is 4.79 Å². The van der Waals surface area contributed by atoms with E-state index in [-0.39, 0.29) is 23.1 Å². The van der Waals surface area contributed by atoms with E-state index < -0.39 is 5.97 Å². The topological polar surface area (TPSA) is 75.0 Å². The third-order valence-electron chi connectivity index (χ3n) is 4.96. The van der Waals surface area contributed by atoms with Gasteiger partial charge < -0.3 is 18.6 Å². The zero-order valence-electron chi connectivity index (χ0n) is 16.8. The molecule has 0 atom stereocenters. The number of para-hydroxylation sites is 1. The molecule has 2 heterocycles. The Labute approximate surface area is 191 Å². The summed E-state index contributed by atoms with van der Waals surface area (Å²) in [5, 5.41) is 0.806. The molecule has 0 radical (unpaired) electrons. The number of fused-ring (bicyclic) bond motifs is 2. The average molecular weight is 491 g/mol. The maximum Gasteiger partial charge on any atom is 0.379 e. The Balaban J connectivity index is 1.39. The number of carbonyl (C=O) groups is 2. The molecular weight excluding hydrogens is 476 g/mol. The molecule has 0 saturated carbocycles. The van der Waals surface area contributed by atoms with Gasteiger partial charge in [-0.1, -0.05) is 34.1 Å². The Bertz CT molecular complexity index is 1380. The van der Waals surface area contributed by atoms with Gasteiger partial charge in [0.15, 0.2) is 5.76 Å². The number of hydrogen-bond donors (Lipinski definition) is 0. The van der Waals surface area contributed by atoms with Crippen LogP contribution in [0.15, 0.2) is 81.4 Å². The standard InChI is InChI=1S/C25H15BrO6/c1-29-19-9-6-16(26)10-15(19)12-22-24(27)18-8-7-17(13-21(18)32-22)30-25(28)23-11-14-4-2-3-5-20(14)31-23/h2-13H,1H3/b22-12-. The number of allylic oxidation sites excluding steroid dienone is 1. The minimum Gasteiger partial charge on any atom is -0.496 e. The van der Waals surface area contributed by atoms with E-state index in [0.717, 1.165) is 9.86 Å². The SMILES string of the molecule is COc1ccc(Br)cc1/C=C1\Oc2cc(OC(=O)c3cc4ccccc4o3)ccc2C1=O. The van der Waals surface area contributed by atoms with Crippen molar-refractivity contribution in [2.45, 2.75) is 0 Å². The quantitative estimate of drug-likeness (QED) is 0.197. The van der Waals surface area contributed by atoms with Crippen LogP contribution in [0.1, 0.15) is 26.5 Å². The molecule has 7 heteroatoms. The lowest BCUT2D eigenvalue weighted by Crippen LogP contribution is -2.07. The molecule has 158 valence electrons. The number of furan rings is 1. The molecule has 0 bridgehead atoms. The molecule has 0 amide bonds. The van der Waals surface area contributed by atoms with Gasteiger partial charge in [-0.2, -0.15) is 0 Å². The van der Waals surface area contributed by atoms with E-state index in [4.69, 9.17) is 18.6 Å². The summed E-state index contributed by atoms with van der Waals surface area (Å²) in [4.78, 5) is 25.3. The highest BCUT2D eigenvalue weighted by Gasteiger charge is 2.28. The highest BCUT2D eigenvalue weighted by molar-refractivity contribution is 9.10. The van der Waals surface area contributed by atoms with E-state index in [1.54, 1.807) is 43.5 Å². The minimum absolute atomic E-state index is 0.0889. The van der Waals surface area contributed by atoms with Crippen molar-refractivity contribution in [1.29, 1.82) is 0 Å². The van der Waals surface area contributed by atoms with Crippen LogP contribution in [0.2, 0.25) is 0 Å². The van der Waals surface area contributed by atoms with E-state index in [9.17, 15) is 9.59 Å². The maximum atomic E-state index is 12.8. The summed E-state index contributed by atoms with van der Waals surface area (Å²) in [7, 11) is 1.56. The van der Waals surface area contributed by atoms with Crippen molar-refractivity contribution < 1.29 is 28.2 Å². The van der Waals surface area contributed by atoms with Crippen LogP contribution >= 0.6 is 15.9 Å². The van der Waals surface area contributed by atoms with Crippen molar-refractivity contribution in [3.63, 3.8) is 0 Å². The molecule has 4 aromatic rings. The Kier molecular flexibility index (Phi) is 5.03. The van der Waals surface area contributed by atoms with Crippen LogP contribution in [0.3, 0.4) is 0 Å². The Morgan fingerprint density at radius 2 is 1.88 bits per heavy atom. The second kappa shape index (κ2) is 8.01. The largest absolute Gasteiger partial charge is 0.496 e. The number of ketones is 1. The number of halogens is 1. The monoisotopic (exact) mass is 490 g/mol. The van der Waals surface area contributed by atoms with Gasteiger partial charge in [-0.3, -0.25) is 4.79 Å². The van der Waals surface area contributed by atoms with Gasteiger partial charge in [0.05, 0.1) is 12.7 Å². The first-order chi connectivity index (χ1) is 15.5. The summed E-state index contributed by atoms with van der Waals surface area (Å²) in [5.41, 5.74) is 1.67. The van der Waals surface area contributed by atoms with E-state index in [1.165, 1.54) is 6.07 Å². The molecule has 0 saturated heterocycles. The summed E-state index contributed by atoms with van der Waals surface area (Å²) in [5.74, 6) is 0.488. The van der Waals surface area contributed by atoms with E-state index in [1.807, 2.05) is 30.3 Å². The van der Waals surface area contributed by atoms with Crippen LogP contribution in [-0.2, 0) is 0 Å². The number of carbonyl (C=O) groups excluding carboxylic acids is 2. The highest BCUT2D eigenvalue weighted by Crippen LogP contribution is 2.36. The molecule has 0 aliphatic carbocycles. The molecule has 1 aliphatic rings. The number of Topliss-reactive ketones (excluding diaryl/α,β-unsaturated/α-hetero) is 1.